The Labute approximate surface area is 121 Å². The van der Waals surface area contributed by atoms with Crippen molar-refractivity contribution in [2.75, 3.05) is 18.1 Å². The fourth-order valence-electron chi connectivity index (χ4n) is 1.45. The second-order valence-electron chi connectivity index (χ2n) is 4.25. The molecule has 4 N–H and O–H groups in total. The largest absolute Gasteiger partial charge is 0.465 e. The molecule has 110 valence electrons. The molecule has 0 aliphatic heterocycles. The Hall–Kier alpha value is -2.16. The van der Waals surface area contributed by atoms with Crippen molar-refractivity contribution in [3.8, 4) is 0 Å². The monoisotopic (exact) mass is 300 g/mol. The highest BCUT2D eigenvalue weighted by molar-refractivity contribution is 7.81. The first-order chi connectivity index (χ1) is 9.23. The number of anilines is 2. The van der Waals surface area contributed by atoms with Crippen molar-refractivity contribution in [3.63, 3.8) is 0 Å². The molecule has 0 heterocycles. The Morgan fingerprint density at radius 2 is 2.20 bits per heavy atom. The molecule has 1 aromatic carbocycles. The van der Waals surface area contributed by atoms with E-state index in [4.69, 9.17) is 10.8 Å². The van der Waals surface area contributed by atoms with Gasteiger partial charge in [-0.05, 0) is 13.0 Å². The molecule has 0 unspecified atom stereocenters. The molecule has 1 amide bonds. The predicted molar refractivity (Wildman–Crippen MR) is 79.2 cm³/mol. The number of rotatable bonds is 5. The highest BCUT2D eigenvalue weighted by atomic mass is 32.1. The summed E-state index contributed by atoms with van der Waals surface area (Å²) < 4.78 is 0. The third-order valence-corrected chi connectivity index (χ3v) is 3.48. The van der Waals surface area contributed by atoms with Crippen LogP contribution in [0.15, 0.2) is 18.2 Å². The second kappa shape index (κ2) is 6.33. The van der Waals surface area contributed by atoms with Gasteiger partial charge in [-0.1, -0.05) is 0 Å². The van der Waals surface area contributed by atoms with E-state index in [1.54, 1.807) is 6.92 Å². The number of thiol groups is 1. The molecule has 9 heteroatoms. The summed E-state index contributed by atoms with van der Waals surface area (Å²) >= 11 is 4.26. The van der Waals surface area contributed by atoms with Crippen LogP contribution < -0.4 is 11.1 Å². The van der Waals surface area contributed by atoms with Crippen LogP contribution in [-0.4, -0.2) is 39.5 Å². The van der Waals surface area contributed by atoms with Gasteiger partial charge in [-0.15, -0.1) is 0 Å². The Kier molecular flexibility index (Phi) is 5.03. The van der Waals surface area contributed by atoms with Crippen molar-refractivity contribution >= 4 is 35.8 Å². The van der Waals surface area contributed by atoms with Gasteiger partial charge in [0.1, 0.15) is 0 Å². The molecule has 2 atom stereocenters. The normalized spacial score (nSPS) is 13.3. The zero-order valence-electron chi connectivity index (χ0n) is 11.0. The summed E-state index contributed by atoms with van der Waals surface area (Å²) in [5.41, 5.74) is 6.27. The Morgan fingerprint density at radius 3 is 2.70 bits per heavy atom. The van der Waals surface area contributed by atoms with Crippen LogP contribution in [0.3, 0.4) is 0 Å². The van der Waals surface area contributed by atoms with E-state index >= 15 is 0 Å². The highest BCUT2D eigenvalue weighted by Gasteiger charge is 2.22. The summed E-state index contributed by atoms with van der Waals surface area (Å²) in [5.74, 6) is 0. The van der Waals surface area contributed by atoms with Crippen molar-refractivity contribution < 1.29 is 14.8 Å². The van der Waals surface area contributed by atoms with E-state index in [1.807, 2.05) is 0 Å². The van der Waals surface area contributed by atoms with Crippen LogP contribution >= 0.6 is 12.6 Å². The number of carbonyl (C=O) groups is 1. The minimum Gasteiger partial charge on any atom is -0.465 e. The maximum absolute atomic E-state index is 10.9. The third-order valence-electron chi connectivity index (χ3n) is 2.92. The minimum atomic E-state index is -1.09. The molecular formula is C11H16N4O4S. The predicted octanol–water partition coefficient (Wildman–Crippen LogP) is 1.84. The number of nitro groups is 1. The van der Waals surface area contributed by atoms with E-state index < -0.39 is 22.4 Å². The molecule has 1 rings (SSSR count). The first-order valence-corrected chi connectivity index (χ1v) is 6.20. The lowest BCUT2D eigenvalue weighted by Gasteiger charge is -2.28. The number of nitrogens with one attached hydrogen (secondary N) is 1. The van der Waals surface area contributed by atoms with Crippen LogP contribution in [0.5, 0.6) is 0 Å². The number of hydrogen-bond acceptors (Lipinski definition) is 6. The SMILES string of the molecule is C[C@@H]([C@H](S)Nc1cc([N+](=O)[O-])ccc1N)N(C)C(=O)O. The molecule has 8 nitrogen and oxygen atoms in total. The van der Waals surface area contributed by atoms with Gasteiger partial charge in [-0.25, -0.2) is 4.79 Å². The number of likely N-dealkylation sites (N-methyl/N-ethyl adjacent to an activating group) is 1. The van der Waals surface area contributed by atoms with Crippen LogP contribution in [-0.2, 0) is 0 Å². The lowest BCUT2D eigenvalue weighted by atomic mass is 10.2. The lowest BCUT2D eigenvalue weighted by Crippen LogP contribution is -2.42. The Morgan fingerprint density at radius 1 is 1.60 bits per heavy atom. The zero-order valence-corrected chi connectivity index (χ0v) is 11.9. The summed E-state index contributed by atoms with van der Waals surface area (Å²) in [5, 5.41) is 21.9. The summed E-state index contributed by atoms with van der Waals surface area (Å²) in [6.07, 6.45) is -1.09. The first kappa shape index (κ1) is 15.9. The van der Waals surface area contributed by atoms with Crippen molar-refractivity contribution in [2.45, 2.75) is 18.3 Å². The smallest absolute Gasteiger partial charge is 0.407 e. The molecule has 20 heavy (non-hydrogen) atoms. The minimum absolute atomic E-state index is 0.110. The van der Waals surface area contributed by atoms with E-state index in [9.17, 15) is 14.9 Å². The molecular weight excluding hydrogens is 284 g/mol. The third kappa shape index (κ3) is 3.67. The number of nitrogens with two attached hydrogens (primary N) is 1. The van der Waals surface area contributed by atoms with Crippen molar-refractivity contribution in [1.29, 1.82) is 0 Å². The average Bonchev–Trinajstić information content (AvgIpc) is 2.38. The van der Waals surface area contributed by atoms with Gasteiger partial charge in [0, 0.05) is 19.2 Å². The summed E-state index contributed by atoms with van der Waals surface area (Å²) in [4.78, 5) is 22.1. The van der Waals surface area contributed by atoms with Crippen LogP contribution in [0.4, 0.5) is 21.9 Å². The lowest BCUT2D eigenvalue weighted by molar-refractivity contribution is -0.384. The van der Waals surface area contributed by atoms with Gasteiger partial charge in [0.25, 0.3) is 5.69 Å². The Bertz CT molecular complexity index is 525. The number of hydrogen-bond donors (Lipinski definition) is 4. The Balaban J connectivity index is 2.89. The maximum atomic E-state index is 10.9. The molecule has 0 aliphatic rings. The summed E-state index contributed by atoms with van der Waals surface area (Å²) in [6.45, 7) is 1.66. The quantitative estimate of drug-likeness (QED) is 0.216. The van der Waals surface area contributed by atoms with Gasteiger partial charge in [-0.2, -0.15) is 12.6 Å². The van der Waals surface area contributed by atoms with E-state index in [0.29, 0.717) is 11.4 Å². The van der Waals surface area contributed by atoms with Crippen molar-refractivity contribution in [1.82, 2.24) is 4.90 Å². The standard InChI is InChI=1S/C11H16N4O4S/c1-6(14(2)11(16)17)10(20)13-9-5-7(15(18)19)3-4-8(9)12/h3-6,10,13,20H,12H2,1-2H3,(H,16,17)/t6-,10-/m0/s1. The van der Waals surface area contributed by atoms with Crippen molar-refractivity contribution in [2.24, 2.45) is 0 Å². The highest BCUT2D eigenvalue weighted by Crippen LogP contribution is 2.26. The van der Waals surface area contributed by atoms with E-state index in [1.165, 1.54) is 25.2 Å². The van der Waals surface area contributed by atoms with E-state index in [-0.39, 0.29) is 5.69 Å². The van der Waals surface area contributed by atoms with Gasteiger partial charge in [0.15, 0.2) is 0 Å². The van der Waals surface area contributed by atoms with Crippen LogP contribution in [0.25, 0.3) is 0 Å². The average molecular weight is 300 g/mol. The number of carboxylic acid groups (broad SMARTS) is 1. The van der Waals surface area contributed by atoms with Gasteiger partial charge in [-0.3, -0.25) is 10.1 Å². The van der Waals surface area contributed by atoms with Crippen LogP contribution in [0.1, 0.15) is 6.92 Å². The van der Waals surface area contributed by atoms with Crippen LogP contribution in [0, 0.1) is 10.1 Å². The number of nitrogen functional groups attached to an aromatic ring is 1. The van der Waals surface area contributed by atoms with Gasteiger partial charge >= 0.3 is 6.09 Å². The number of non-ortho nitro benzene ring substituents is 1. The maximum Gasteiger partial charge on any atom is 0.407 e. The molecule has 0 radical (unpaired) electrons. The first-order valence-electron chi connectivity index (χ1n) is 5.68. The molecule has 0 fully saturated rings. The van der Waals surface area contributed by atoms with Crippen molar-refractivity contribution in [3.05, 3.63) is 28.3 Å². The number of nitrogens with zero attached hydrogens (tertiary/aromatic N) is 2. The van der Waals surface area contributed by atoms with E-state index in [0.717, 1.165) is 4.90 Å². The van der Waals surface area contributed by atoms with Gasteiger partial charge in [0.05, 0.1) is 27.7 Å². The summed E-state index contributed by atoms with van der Waals surface area (Å²) in [6, 6.07) is 3.52. The zero-order chi connectivity index (χ0) is 15.4. The molecule has 0 saturated heterocycles. The molecule has 0 saturated carbocycles. The molecule has 0 spiro atoms. The van der Waals surface area contributed by atoms with Gasteiger partial charge < -0.3 is 21.1 Å². The van der Waals surface area contributed by atoms with Crippen LogP contribution in [0.2, 0.25) is 0 Å². The number of amides is 1. The summed E-state index contributed by atoms with van der Waals surface area (Å²) in [7, 11) is 1.41. The van der Waals surface area contributed by atoms with Gasteiger partial charge in [0.2, 0.25) is 0 Å². The fourth-order valence-corrected chi connectivity index (χ4v) is 1.79. The van der Waals surface area contributed by atoms with E-state index in [2.05, 4.69) is 17.9 Å². The number of nitro benzene ring substituents is 1. The molecule has 0 aromatic heterocycles. The topological polar surface area (TPSA) is 122 Å². The fraction of sp³-hybridized carbons (Fsp3) is 0.364. The molecule has 0 aliphatic carbocycles. The number of benzene rings is 1. The molecule has 0 bridgehead atoms. The molecule has 1 aromatic rings. The second-order valence-corrected chi connectivity index (χ2v) is 4.81.